The number of carbonyl (C=O) groups is 2. The molecule has 0 heterocycles. The van der Waals surface area contributed by atoms with Gasteiger partial charge in [-0.1, -0.05) is 51.1 Å². The van der Waals surface area contributed by atoms with Crippen molar-refractivity contribution in [3.63, 3.8) is 0 Å². The van der Waals surface area contributed by atoms with Crippen molar-refractivity contribution in [2.24, 2.45) is 0 Å². The smallest absolute Gasteiger partial charge is 0.202 e. The highest BCUT2D eigenvalue weighted by Gasteiger charge is 2.39. The molecule has 1 atom stereocenters. The van der Waals surface area contributed by atoms with Gasteiger partial charge in [0.05, 0.1) is 22.8 Å². The summed E-state index contributed by atoms with van der Waals surface area (Å²) >= 11 is 5.86. The SMILES string of the molecule is CCCCCC(OCCCC)c1c(O)cc2c(c1O)C(=O)c1c(cc(O)c(Cl)c1O)C2=O. The summed E-state index contributed by atoms with van der Waals surface area (Å²) < 4.78 is 5.94. The maximum Gasteiger partial charge on any atom is 0.202 e. The van der Waals surface area contributed by atoms with E-state index in [2.05, 4.69) is 6.92 Å². The topological polar surface area (TPSA) is 124 Å². The first-order valence-electron chi connectivity index (χ1n) is 10.8. The number of benzene rings is 2. The molecular formula is C24H27ClO7. The molecule has 8 heteroatoms. The van der Waals surface area contributed by atoms with Gasteiger partial charge in [-0.25, -0.2) is 0 Å². The number of aromatic hydroxyl groups is 4. The predicted octanol–water partition coefficient (Wildman–Crippen LogP) is 5.38. The van der Waals surface area contributed by atoms with Crippen LogP contribution in [0.5, 0.6) is 23.0 Å². The van der Waals surface area contributed by atoms with Crippen molar-refractivity contribution >= 4 is 23.2 Å². The Morgan fingerprint density at radius 3 is 2.06 bits per heavy atom. The molecule has 0 bridgehead atoms. The molecule has 32 heavy (non-hydrogen) atoms. The van der Waals surface area contributed by atoms with Crippen molar-refractivity contribution < 1.29 is 34.8 Å². The molecule has 0 aromatic heterocycles. The average Bonchev–Trinajstić information content (AvgIpc) is 2.75. The van der Waals surface area contributed by atoms with Crippen molar-refractivity contribution in [1.29, 1.82) is 0 Å². The van der Waals surface area contributed by atoms with Gasteiger partial charge in [-0.3, -0.25) is 9.59 Å². The molecule has 1 aliphatic rings. The zero-order chi connectivity index (χ0) is 23.6. The highest BCUT2D eigenvalue weighted by Crippen LogP contribution is 2.48. The van der Waals surface area contributed by atoms with Gasteiger partial charge in [0.1, 0.15) is 28.0 Å². The molecule has 0 fully saturated rings. The molecule has 0 aliphatic heterocycles. The number of hydrogen-bond donors (Lipinski definition) is 4. The van der Waals surface area contributed by atoms with Gasteiger partial charge < -0.3 is 25.2 Å². The number of hydrogen-bond acceptors (Lipinski definition) is 7. The minimum absolute atomic E-state index is 0.0462. The van der Waals surface area contributed by atoms with Gasteiger partial charge in [-0.2, -0.15) is 0 Å². The van der Waals surface area contributed by atoms with Gasteiger partial charge in [-0.05, 0) is 25.0 Å². The van der Waals surface area contributed by atoms with Crippen LogP contribution in [0.2, 0.25) is 5.02 Å². The van der Waals surface area contributed by atoms with Crippen LogP contribution < -0.4 is 0 Å². The fourth-order valence-corrected chi connectivity index (χ4v) is 4.12. The van der Waals surface area contributed by atoms with Crippen LogP contribution in [0.1, 0.15) is 95.9 Å². The molecule has 0 saturated heterocycles. The first-order chi connectivity index (χ1) is 15.2. The van der Waals surface area contributed by atoms with Gasteiger partial charge in [0.15, 0.2) is 5.78 Å². The van der Waals surface area contributed by atoms with Gasteiger partial charge >= 0.3 is 0 Å². The van der Waals surface area contributed by atoms with Crippen molar-refractivity contribution in [2.75, 3.05) is 6.61 Å². The Bertz CT molecular complexity index is 1050. The third kappa shape index (κ3) is 4.14. The molecule has 7 nitrogen and oxygen atoms in total. The van der Waals surface area contributed by atoms with E-state index in [1.54, 1.807) is 0 Å². The third-order valence-corrected chi connectivity index (χ3v) is 6.06. The van der Waals surface area contributed by atoms with Crippen LogP contribution in [0.15, 0.2) is 12.1 Å². The van der Waals surface area contributed by atoms with Crippen molar-refractivity contribution in [3.8, 4) is 23.0 Å². The summed E-state index contributed by atoms with van der Waals surface area (Å²) in [5, 5.41) is 41.5. The Labute approximate surface area is 191 Å². The molecular weight excluding hydrogens is 436 g/mol. The molecule has 0 spiro atoms. The van der Waals surface area contributed by atoms with Crippen LogP contribution in [0, 0.1) is 0 Å². The van der Waals surface area contributed by atoms with Gasteiger partial charge in [0.2, 0.25) is 5.78 Å². The summed E-state index contributed by atoms with van der Waals surface area (Å²) in [6.45, 7) is 4.48. The van der Waals surface area contributed by atoms with Crippen molar-refractivity contribution in [2.45, 2.75) is 58.5 Å². The lowest BCUT2D eigenvalue weighted by Crippen LogP contribution is -2.22. The minimum Gasteiger partial charge on any atom is -0.507 e. The number of carbonyl (C=O) groups excluding carboxylic acids is 2. The number of phenolic OH excluding ortho intramolecular Hbond substituents is 4. The standard InChI is InChI=1S/C24H27ClO7/c1-3-5-7-8-16(32-9-6-4-2)19-14(26)10-12-17(23(19)30)22(29)18-13(21(12)28)11-15(27)20(25)24(18)31/h10-11,16,26-27,30-31H,3-9H2,1-2H3. The number of halogens is 1. The maximum absolute atomic E-state index is 13.2. The van der Waals surface area contributed by atoms with E-state index in [0.717, 1.165) is 44.2 Å². The van der Waals surface area contributed by atoms with Gasteiger partial charge in [-0.15, -0.1) is 0 Å². The summed E-state index contributed by atoms with van der Waals surface area (Å²) in [5.74, 6) is -3.76. The number of ketones is 2. The summed E-state index contributed by atoms with van der Waals surface area (Å²) in [6.07, 6.45) is 4.23. The highest BCUT2D eigenvalue weighted by atomic mass is 35.5. The van der Waals surface area contributed by atoms with Crippen molar-refractivity contribution in [3.05, 3.63) is 45.0 Å². The van der Waals surface area contributed by atoms with Gasteiger partial charge in [0.25, 0.3) is 0 Å². The lowest BCUT2D eigenvalue weighted by molar-refractivity contribution is 0.0397. The zero-order valence-corrected chi connectivity index (χ0v) is 18.8. The Morgan fingerprint density at radius 1 is 0.844 bits per heavy atom. The van der Waals surface area contributed by atoms with E-state index in [4.69, 9.17) is 16.3 Å². The molecule has 172 valence electrons. The fourth-order valence-electron chi connectivity index (χ4n) is 3.97. The minimum atomic E-state index is -0.825. The first-order valence-corrected chi connectivity index (χ1v) is 11.2. The molecule has 0 radical (unpaired) electrons. The number of fused-ring (bicyclic) bond motifs is 2. The molecule has 1 unspecified atom stereocenters. The molecule has 2 aromatic carbocycles. The molecule has 0 amide bonds. The van der Waals surface area contributed by atoms with Gasteiger partial charge in [0, 0.05) is 17.7 Å². The molecule has 1 aliphatic carbocycles. The number of rotatable bonds is 9. The van der Waals surface area contributed by atoms with Crippen LogP contribution in [0.4, 0.5) is 0 Å². The van der Waals surface area contributed by atoms with E-state index in [1.165, 1.54) is 0 Å². The monoisotopic (exact) mass is 462 g/mol. The third-order valence-electron chi connectivity index (χ3n) is 5.69. The lowest BCUT2D eigenvalue weighted by atomic mass is 9.81. The molecule has 2 aromatic rings. The second kappa shape index (κ2) is 9.79. The Hall–Kier alpha value is -2.77. The largest absolute Gasteiger partial charge is 0.507 e. The quantitative estimate of drug-likeness (QED) is 0.315. The van der Waals surface area contributed by atoms with Crippen LogP contribution in [0.25, 0.3) is 0 Å². The number of unbranched alkanes of at least 4 members (excludes halogenated alkanes) is 3. The molecule has 0 saturated carbocycles. The summed E-state index contributed by atoms with van der Waals surface area (Å²) in [7, 11) is 0. The Balaban J connectivity index is 2.14. The predicted molar refractivity (Wildman–Crippen MR) is 119 cm³/mol. The molecule has 3 rings (SSSR count). The van der Waals surface area contributed by atoms with Crippen molar-refractivity contribution in [1.82, 2.24) is 0 Å². The first kappa shape index (κ1) is 23.9. The molecule has 4 N–H and O–H groups in total. The highest BCUT2D eigenvalue weighted by molar-refractivity contribution is 6.37. The van der Waals surface area contributed by atoms with E-state index in [0.29, 0.717) is 13.0 Å². The van der Waals surface area contributed by atoms with Crippen LogP contribution >= 0.6 is 11.6 Å². The number of ether oxygens (including phenoxy) is 1. The summed E-state index contributed by atoms with van der Waals surface area (Å²) in [6, 6.07) is 2.12. The van der Waals surface area contributed by atoms with E-state index in [1.807, 2.05) is 6.92 Å². The van der Waals surface area contributed by atoms with E-state index in [-0.39, 0.29) is 28.0 Å². The van der Waals surface area contributed by atoms with Crippen LogP contribution in [-0.4, -0.2) is 38.6 Å². The normalized spacial score (nSPS) is 13.7. The second-order valence-corrected chi connectivity index (χ2v) is 8.31. The van der Waals surface area contributed by atoms with E-state index < -0.39 is 45.5 Å². The Morgan fingerprint density at radius 2 is 1.44 bits per heavy atom. The second-order valence-electron chi connectivity index (χ2n) is 7.93. The van der Waals surface area contributed by atoms with Crippen LogP contribution in [0.3, 0.4) is 0 Å². The number of phenols is 4. The Kier molecular flexibility index (Phi) is 7.31. The zero-order valence-electron chi connectivity index (χ0n) is 18.1. The average molecular weight is 463 g/mol. The summed E-state index contributed by atoms with van der Waals surface area (Å²) in [4.78, 5) is 26.2. The summed E-state index contributed by atoms with van der Waals surface area (Å²) in [5.41, 5.74) is -1.15. The fraction of sp³-hybridized carbons (Fsp3) is 0.417. The lowest BCUT2D eigenvalue weighted by Gasteiger charge is -2.25. The van der Waals surface area contributed by atoms with Crippen LogP contribution in [-0.2, 0) is 4.74 Å². The maximum atomic E-state index is 13.2. The van der Waals surface area contributed by atoms with E-state index >= 15 is 0 Å². The van der Waals surface area contributed by atoms with E-state index in [9.17, 15) is 30.0 Å².